The third-order valence-electron chi connectivity index (χ3n) is 7.87. The monoisotopic (exact) mass is 639 g/mol. The molecule has 4 aromatic rings. The second-order valence-corrected chi connectivity index (χ2v) is 12.1. The molecule has 1 saturated carbocycles. The number of aromatic carboxylic acids is 1. The zero-order valence-electron chi connectivity index (χ0n) is 25.1. The van der Waals surface area contributed by atoms with E-state index in [-0.39, 0.29) is 57.8 Å². The van der Waals surface area contributed by atoms with Gasteiger partial charge in [-0.3, -0.25) is 14.4 Å². The van der Waals surface area contributed by atoms with Crippen LogP contribution in [0.15, 0.2) is 53.9 Å². The Bertz CT molecular complexity index is 1860. The standard InChI is InChI=1S/C34H33N5O6S/c1-2-11-36-33(42)27-8-6-21(29(38-27)34(43)44)22-16-28-25(30-19(9-12-45-28)10-13-46-30)15-23(22)31(40)39-26-7-3-18(17-35)14-24(26)32(41)37-20-4-5-20/h3,6-8,10,13-16,20H,2,4-5,9,11-12,17,35H2,1H3,(H,36,42)(H,37,41)(H,39,40)(H,43,44). The van der Waals surface area contributed by atoms with Crippen LogP contribution in [-0.2, 0) is 13.0 Å². The number of carbonyl (C=O) groups is 4. The molecule has 1 aliphatic heterocycles. The first-order chi connectivity index (χ1) is 22.3. The largest absolute Gasteiger partial charge is 0.493 e. The van der Waals surface area contributed by atoms with Crippen molar-refractivity contribution in [2.24, 2.45) is 5.73 Å². The molecule has 0 spiro atoms. The fourth-order valence-corrected chi connectivity index (χ4v) is 6.29. The van der Waals surface area contributed by atoms with Gasteiger partial charge in [-0.15, -0.1) is 11.3 Å². The summed E-state index contributed by atoms with van der Waals surface area (Å²) < 4.78 is 6.11. The molecule has 2 aromatic heterocycles. The van der Waals surface area contributed by atoms with Gasteiger partial charge in [-0.25, -0.2) is 9.78 Å². The normalized spacial score (nSPS) is 13.4. The lowest BCUT2D eigenvalue weighted by molar-refractivity contribution is 0.0690. The lowest BCUT2D eigenvalue weighted by Crippen LogP contribution is -2.27. The van der Waals surface area contributed by atoms with Gasteiger partial charge in [-0.1, -0.05) is 13.0 Å². The van der Waals surface area contributed by atoms with Gasteiger partial charge in [0.2, 0.25) is 0 Å². The fourth-order valence-electron chi connectivity index (χ4n) is 5.32. The minimum Gasteiger partial charge on any atom is -0.493 e. The molecule has 1 aliphatic carbocycles. The molecule has 0 bridgehead atoms. The Morgan fingerprint density at radius 3 is 2.54 bits per heavy atom. The first kappa shape index (κ1) is 30.9. The molecule has 6 N–H and O–H groups in total. The number of nitrogens with two attached hydrogens (primary N) is 1. The van der Waals surface area contributed by atoms with Crippen LogP contribution in [0, 0.1) is 0 Å². The van der Waals surface area contributed by atoms with Gasteiger partial charge in [0.1, 0.15) is 11.4 Å². The highest BCUT2D eigenvalue weighted by Crippen LogP contribution is 2.43. The van der Waals surface area contributed by atoms with Crippen molar-refractivity contribution >= 4 is 40.7 Å². The third kappa shape index (κ3) is 6.35. The number of rotatable bonds is 10. The van der Waals surface area contributed by atoms with E-state index in [1.165, 1.54) is 23.5 Å². The van der Waals surface area contributed by atoms with Gasteiger partial charge in [0, 0.05) is 52.7 Å². The van der Waals surface area contributed by atoms with Crippen LogP contribution in [-0.4, -0.2) is 53.0 Å². The Morgan fingerprint density at radius 2 is 1.80 bits per heavy atom. The van der Waals surface area contributed by atoms with E-state index in [0.717, 1.165) is 28.8 Å². The molecule has 236 valence electrons. The van der Waals surface area contributed by atoms with Crippen molar-refractivity contribution in [1.82, 2.24) is 15.6 Å². The number of carbonyl (C=O) groups excluding carboxylic acids is 3. The van der Waals surface area contributed by atoms with Crippen molar-refractivity contribution in [3.63, 3.8) is 0 Å². The number of amides is 3. The zero-order valence-corrected chi connectivity index (χ0v) is 26.0. The SMILES string of the molecule is CCCNC(=O)c1ccc(-c2cc3c(cc2C(=O)Nc2ccc(CN)cc2C(=O)NC2CC2)-c2sccc2CCO3)c(C(=O)O)n1. The lowest BCUT2D eigenvalue weighted by atomic mass is 9.93. The molecule has 0 radical (unpaired) electrons. The number of thiophene rings is 1. The van der Waals surface area contributed by atoms with E-state index >= 15 is 0 Å². The summed E-state index contributed by atoms with van der Waals surface area (Å²) in [5.74, 6) is -2.25. The van der Waals surface area contributed by atoms with E-state index in [4.69, 9.17) is 10.5 Å². The molecular weight excluding hydrogens is 606 g/mol. The fraction of sp³-hybridized carbons (Fsp3) is 0.265. The van der Waals surface area contributed by atoms with E-state index in [9.17, 15) is 24.3 Å². The first-order valence-electron chi connectivity index (χ1n) is 15.1. The van der Waals surface area contributed by atoms with Crippen molar-refractivity contribution in [1.29, 1.82) is 0 Å². The summed E-state index contributed by atoms with van der Waals surface area (Å²) in [6, 6.07) is 13.4. The molecule has 2 aliphatic rings. The molecule has 0 atom stereocenters. The Labute approximate surface area is 269 Å². The summed E-state index contributed by atoms with van der Waals surface area (Å²) in [5.41, 5.74) is 9.01. The quantitative estimate of drug-likeness (QED) is 0.164. The summed E-state index contributed by atoms with van der Waals surface area (Å²) in [6.07, 6.45) is 3.16. The van der Waals surface area contributed by atoms with Crippen molar-refractivity contribution in [3.05, 3.63) is 87.6 Å². The predicted octanol–water partition coefficient (Wildman–Crippen LogP) is 4.85. The number of aromatic nitrogens is 1. The number of anilines is 1. The summed E-state index contributed by atoms with van der Waals surface area (Å²) in [7, 11) is 0. The van der Waals surface area contributed by atoms with Crippen LogP contribution in [0.1, 0.15) is 79.0 Å². The van der Waals surface area contributed by atoms with Gasteiger partial charge in [0.15, 0.2) is 5.69 Å². The van der Waals surface area contributed by atoms with E-state index in [1.807, 2.05) is 18.4 Å². The highest BCUT2D eigenvalue weighted by atomic mass is 32.1. The minimum atomic E-state index is -1.36. The summed E-state index contributed by atoms with van der Waals surface area (Å²) >= 11 is 1.52. The summed E-state index contributed by atoms with van der Waals surface area (Å²) in [5, 5.41) is 20.7. The van der Waals surface area contributed by atoms with Gasteiger partial charge in [0.25, 0.3) is 17.7 Å². The highest BCUT2D eigenvalue weighted by molar-refractivity contribution is 7.13. The molecule has 2 aromatic carbocycles. The van der Waals surface area contributed by atoms with E-state index in [0.29, 0.717) is 37.3 Å². The summed E-state index contributed by atoms with van der Waals surface area (Å²) in [6.45, 7) is 2.93. The average molecular weight is 640 g/mol. The number of nitrogens with zero attached hydrogens (tertiary/aromatic N) is 1. The van der Waals surface area contributed by atoms with Gasteiger partial charge < -0.3 is 31.5 Å². The maximum absolute atomic E-state index is 14.2. The Balaban J connectivity index is 1.48. The first-order valence-corrected chi connectivity index (χ1v) is 16.0. The second kappa shape index (κ2) is 13.1. The number of carboxylic acids is 1. The third-order valence-corrected chi connectivity index (χ3v) is 8.86. The number of nitrogens with one attached hydrogen (secondary N) is 3. The Kier molecular flexibility index (Phi) is 8.82. The molecule has 46 heavy (non-hydrogen) atoms. The highest BCUT2D eigenvalue weighted by Gasteiger charge is 2.28. The number of fused-ring (bicyclic) bond motifs is 3. The van der Waals surface area contributed by atoms with E-state index in [2.05, 4.69) is 20.9 Å². The summed E-state index contributed by atoms with van der Waals surface area (Å²) in [4.78, 5) is 57.7. The maximum Gasteiger partial charge on any atom is 0.355 e. The lowest BCUT2D eigenvalue weighted by Gasteiger charge is -2.18. The Morgan fingerprint density at radius 1 is 0.978 bits per heavy atom. The van der Waals surface area contributed by atoms with Crippen LogP contribution < -0.4 is 26.4 Å². The number of benzene rings is 2. The van der Waals surface area contributed by atoms with Crippen LogP contribution in [0.4, 0.5) is 5.69 Å². The minimum absolute atomic E-state index is 0.0545. The molecule has 3 amide bonds. The van der Waals surface area contributed by atoms with Crippen LogP contribution in [0.25, 0.3) is 21.6 Å². The number of hydrogen-bond donors (Lipinski definition) is 5. The van der Waals surface area contributed by atoms with Crippen LogP contribution in [0.3, 0.4) is 0 Å². The topological polar surface area (TPSA) is 173 Å². The van der Waals surface area contributed by atoms with Crippen molar-refractivity contribution in [2.45, 2.75) is 45.2 Å². The van der Waals surface area contributed by atoms with Crippen LogP contribution >= 0.6 is 11.3 Å². The molecule has 3 heterocycles. The van der Waals surface area contributed by atoms with Crippen LogP contribution in [0.5, 0.6) is 5.75 Å². The molecule has 11 nitrogen and oxygen atoms in total. The van der Waals surface area contributed by atoms with Gasteiger partial charge in [-0.05, 0) is 78.2 Å². The van der Waals surface area contributed by atoms with Crippen molar-refractivity contribution in [2.75, 3.05) is 18.5 Å². The Hall–Kier alpha value is -5.07. The van der Waals surface area contributed by atoms with E-state index in [1.54, 1.807) is 30.3 Å². The molecule has 12 heteroatoms. The molecule has 6 rings (SSSR count). The number of carboxylic acid groups (broad SMARTS) is 1. The smallest absolute Gasteiger partial charge is 0.355 e. The van der Waals surface area contributed by atoms with Crippen LogP contribution in [0.2, 0.25) is 0 Å². The van der Waals surface area contributed by atoms with Gasteiger partial charge in [0.05, 0.1) is 17.9 Å². The maximum atomic E-state index is 14.2. The molecule has 1 fully saturated rings. The average Bonchev–Trinajstić information content (AvgIpc) is 3.79. The van der Waals surface area contributed by atoms with Crippen molar-refractivity contribution in [3.8, 4) is 27.3 Å². The van der Waals surface area contributed by atoms with Gasteiger partial charge in [-0.2, -0.15) is 0 Å². The zero-order chi connectivity index (χ0) is 32.4. The molecular formula is C34H33N5O6S. The molecule has 0 saturated heterocycles. The predicted molar refractivity (Wildman–Crippen MR) is 175 cm³/mol. The number of pyridine rings is 1. The molecule has 0 unspecified atom stereocenters. The number of hydrogen-bond acceptors (Lipinski definition) is 8. The van der Waals surface area contributed by atoms with Gasteiger partial charge >= 0.3 is 5.97 Å². The van der Waals surface area contributed by atoms with E-state index < -0.39 is 17.8 Å². The van der Waals surface area contributed by atoms with Crippen molar-refractivity contribution < 1.29 is 29.0 Å². The number of ether oxygens (including phenoxy) is 1. The second-order valence-electron chi connectivity index (χ2n) is 11.2.